The number of hydrogen-bond acceptors (Lipinski definition) is 3. The predicted octanol–water partition coefficient (Wildman–Crippen LogP) is -0.0755. The lowest BCUT2D eigenvalue weighted by atomic mass is 10.8. The standard InChI is InChI=1S/C5H3N4/c1-2-9-5(7-1)3-6-4-8-9/h1-2,4H. The van der Waals surface area contributed by atoms with E-state index in [9.17, 15) is 0 Å². The maximum absolute atomic E-state index is 3.90. The van der Waals surface area contributed by atoms with Gasteiger partial charge in [0.1, 0.15) is 12.5 Å². The molecule has 0 spiro atoms. The third-order valence-corrected chi connectivity index (χ3v) is 1.02. The Morgan fingerprint density at radius 1 is 1.56 bits per heavy atom. The minimum atomic E-state index is 0.650. The highest BCUT2D eigenvalue weighted by atomic mass is 15.3. The molecule has 2 aromatic rings. The van der Waals surface area contributed by atoms with Gasteiger partial charge in [-0.25, -0.2) is 14.5 Å². The van der Waals surface area contributed by atoms with Crippen molar-refractivity contribution in [3.05, 3.63) is 24.9 Å². The molecule has 0 aromatic carbocycles. The normalized spacial score (nSPS) is 10.2. The number of rotatable bonds is 0. The van der Waals surface area contributed by atoms with Crippen LogP contribution in [0.25, 0.3) is 5.65 Å². The Morgan fingerprint density at radius 3 is 3.44 bits per heavy atom. The molecule has 0 unspecified atom stereocenters. The van der Waals surface area contributed by atoms with Gasteiger partial charge in [0, 0.05) is 12.4 Å². The quantitative estimate of drug-likeness (QED) is 0.487. The molecule has 2 aromatic heterocycles. The van der Waals surface area contributed by atoms with Gasteiger partial charge in [0.05, 0.1) is 0 Å². The molecule has 2 rings (SSSR count). The molecular formula is C5H3N4. The van der Waals surface area contributed by atoms with E-state index in [1.807, 2.05) is 0 Å². The Bertz CT molecular complexity index is 283. The molecule has 4 nitrogen and oxygen atoms in total. The van der Waals surface area contributed by atoms with E-state index in [0.717, 1.165) is 0 Å². The third-order valence-electron chi connectivity index (χ3n) is 1.02. The molecular weight excluding hydrogens is 116 g/mol. The molecule has 43 valence electrons. The van der Waals surface area contributed by atoms with Gasteiger partial charge in [0.2, 0.25) is 0 Å². The molecule has 0 saturated heterocycles. The highest BCUT2D eigenvalue weighted by Gasteiger charge is 1.89. The number of hydrogen-bond donors (Lipinski definition) is 0. The SMILES string of the molecule is [c]1ncnn2ccnc12. The lowest BCUT2D eigenvalue weighted by Gasteiger charge is -1.83. The van der Waals surface area contributed by atoms with Crippen LogP contribution in [-0.2, 0) is 0 Å². The van der Waals surface area contributed by atoms with E-state index in [1.54, 1.807) is 16.9 Å². The van der Waals surface area contributed by atoms with Crippen LogP contribution in [0.4, 0.5) is 0 Å². The van der Waals surface area contributed by atoms with Crippen LogP contribution in [0.5, 0.6) is 0 Å². The molecule has 0 aliphatic heterocycles. The second-order valence-electron chi connectivity index (χ2n) is 1.57. The molecule has 1 radical (unpaired) electrons. The van der Waals surface area contributed by atoms with E-state index in [1.165, 1.54) is 6.33 Å². The van der Waals surface area contributed by atoms with Crippen molar-refractivity contribution >= 4 is 5.65 Å². The van der Waals surface area contributed by atoms with Crippen LogP contribution in [0.1, 0.15) is 0 Å². The van der Waals surface area contributed by atoms with Gasteiger partial charge in [-0.1, -0.05) is 0 Å². The Kier molecular flexibility index (Phi) is 0.745. The van der Waals surface area contributed by atoms with Crippen molar-refractivity contribution < 1.29 is 0 Å². The van der Waals surface area contributed by atoms with Crippen molar-refractivity contribution in [2.45, 2.75) is 0 Å². The summed E-state index contributed by atoms with van der Waals surface area (Å²) in [6.07, 6.45) is 7.49. The van der Waals surface area contributed by atoms with E-state index in [2.05, 4.69) is 21.3 Å². The van der Waals surface area contributed by atoms with E-state index >= 15 is 0 Å². The predicted molar refractivity (Wildman–Crippen MR) is 29.6 cm³/mol. The summed E-state index contributed by atoms with van der Waals surface area (Å²) in [5.74, 6) is 0. The summed E-state index contributed by atoms with van der Waals surface area (Å²) >= 11 is 0. The zero-order valence-corrected chi connectivity index (χ0v) is 4.52. The van der Waals surface area contributed by atoms with Crippen LogP contribution < -0.4 is 0 Å². The lowest BCUT2D eigenvalue weighted by molar-refractivity contribution is 0.894. The number of aromatic nitrogens is 4. The monoisotopic (exact) mass is 119 g/mol. The fraction of sp³-hybridized carbons (Fsp3) is 0. The zero-order valence-electron chi connectivity index (χ0n) is 4.52. The average Bonchev–Trinajstić information content (AvgIpc) is 2.33. The molecule has 0 aliphatic carbocycles. The average molecular weight is 119 g/mol. The first-order valence-corrected chi connectivity index (χ1v) is 2.49. The van der Waals surface area contributed by atoms with Gasteiger partial charge >= 0.3 is 0 Å². The molecule has 0 bridgehead atoms. The summed E-state index contributed by atoms with van der Waals surface area (Å²) < 4.78 is 1.60. The van der Waals surface area contributed by atoms with Gasteiger partial charge in [-0.2, -0.15) is 5.10 Å². The van der Waals surface area contributed by atoms with Crippen LogP contribution in [0.2, 0.25) is 0 Å². The van der Waals surface area contributed by atoms with E-state index in [4.69, 9.17) is 0 Å². The maximum atomic E-state index is 3.90. The molecule has 0 N–H and O–H groups in total. The summed E-state index contributed by atoms with van der Waals surface area (Å²) in [6.45, 7) is 0. The Balaban J connectivity index is 2.95. The summed E-state index contributed by atoms with van der Waals surface area (Å²) in [6, 6.07) is 0. The summed E-state index contributed by atoms with van der Waals surface area (Å²) in [5, 5.41) is 3.85. The summed E-state index contributed by atoms with van der Waals surface area (Å²) in [4.78, 5) is 7.57. The van der Waals surface area contributed by atoms with Gasteiger partial charge in [0.15, 0.2) is 5.65 Å². The van der Waals surface area contributed by atoms with E-state index in [0.29, 0.717) is 5.65 Å². The Labute approximate surface area is 51.2 Å². The van der Waals surface area contributed by atoms with Crippen LogP contribution in [-0.4, -0.2) is 19.6 Å². The molecule has 0 amide bonds. The van der Waals surface area contributed by atoms with Crippen molar-refractivity contribution in [1.82, 2.24) is 19.6 Å². The molecule has 9 heavy (non-hydrogen) atoms. The first-order valence-electron chi connectivity index (χ1n) is 2.49. The molecule has 0 fully saturated rings. The van der Waals surface area contributed by atoms with Crippen LogP contribution in [0.15, 0.2) is 18.7 Å². The van der Waals surface area contributed by atoms with E-state index < -0.39 is 0 Å². The van der Waals surface area contributed by atoms with E-state index in [-0.39, 0.29) is 0 Å². The van der Waals surface area contributed by atoms with Crippen LogP contribution in [0, 0.1) is 6.20 Å². The molecule has 0 aliphatic rings. The van der Waals surface area contributed by atoms with Crippen molar-refractivity contribution in [2.75, 3.05) is 0 Å². The second-order valence-corrected chi connectivity index (χ2v) is 1.57. The Morgan fingerprint density at radius 2 is 2.56 bits per heavy atom. The minimum Gasteiger partial charge on any atom is -0.234 e. The second kappa shape index (κ2) is 1.51. The van der Waals surface area contributed by atoms with Gasteiger partial charge in [-0.15, -0.1) is 0 Å². The summed E-state index contributed by atoms with van der Waals surface area (Å²) in [5.41, 5.74) is 0.650. The van der Waals surface area contributed by atoms with Crippen molar-refractivity contribution in [1.29, 1.82) is 0 Å². The van der Waals surface area contributed by atoms with Crippen LogP contribution in [0.3, 0.4) is 0 Å². The molecule has 4 heteroatoms. The van der Waals surface area contributed by atoms with Gasteiger partial charge in [-0.05, 0) is 0 Å². The van der Waals surface area contributed by atoms with Crippen LogP contribution >= 0.6 is 0 Å². The largest absolute Gasteiger partial charge is 0.234 e. The number of nitrogens with zero attached hydrogens (tertiary/aromatic N) is 4. The fourth-order valence-electron chi connectivity index (χ4n) is 0.638. The van der Waals surface area contributed by atoms with Gasteiger partial charge in [0.25, 0.3) is 0 Å². The first kappa shape index (κ1) is 4.43. The van der Waals surface area contributed by atoms with Crippen molar-refractivity contribution in [3.63, 3.8) is 0 Å². The van der Waals surface area contributed by atoms with Crippen molar-refractivity contribution in [3.8, 4) is 0 Å². The third kappa shape index (κ3) is 0.561. The highest BCUT2D eigenvalue weighted by molar-refractivity contribution is 5.29. The highest BCUT2D eigenvalue weighted by Crippen LogP contribution is 1.89. The van der Waals surface area contributed by atoms with Gasteiger partial charge in [-0.3, -0.25) is 0 Å². The first-order chi connectivity index (χ1) is 4.47. The molecule has 0 atom stereocenters. The zero-order chi connectivity index (χ0) is 6.10. The lowest BCUT2D eigenvalue weighted by Crippen LogP contribution is -1.89. The smallest absolute Gasteiger partial charge is 0.181 e. The summed E-state index contributed by atoms with van der Waals surface area (Å²) in [7, 11) is 0. The Hall–Kier alpha value is -1.45. The topological polar surface area (TPSA) is 43.1 Å². The maximum Gasteiger partial charge on any atom is 0.181 e. The molecule has 0 saturated carbocycles. The number of fused-ring (bicyclic) bond motifs is 1. The molecule has 2 heterocycles. The van der Waals surface area contributed by atoms with Crippen molar-refractivity contribution in [2.24, 2.45) is 0 Å². The minimum absolute atomic E-state index is 0.650. The van der Waals surface area contributed by atoms with Gasteiger partial charge < -0.3 is 0 Å². The number of imidazole rings is 1. The fourth-order valence-corrected chi connectivity index (χ4v) is 0.638.